The van der Waals surface area contributed by atoms with Gasteiger partial charge in [-0.15, -0.1) is 0 Å². The summed E-state index contributed by atoms with van der Waals surface area (Å²) in [5.41, 5.74) is -0.736. The lowest BCUT2D eigenvalue weighted by molar-refractivity contribution is 0.0343. The maximum Gasteiger partial charge on any atom is 0.0759 e. The summed E-state index contributed by atoms with van der Waals surface area (Å²) in [7, 11) is 0. The summed E-state index contributed by atoms with van der Waals surface area (Å²) in [5, 5.41) is 19.5. The Bertz CT molecular complexity index is 279. The Morgan fingerprint density at radius 3 is 1.70 bits per heavy atom. The molecule has 23 heavy (non-hydrogen) atoms. The van der Waals surface area contributed by atoms with Gasteiger partial charge in [-0.3, -0.25) is 0 Å². The molecule has 0 saturated heterocycles. The van der Waals surface area contributed by atoms with Crippen LogP contribution in [-0.2, 0) is 0 Å². The fourth-order valence-electron chi connectivity index (χ4n) is 3.14. The van der Waals surface area contributed by atoms with Gasteiger partial charge >= 0.3 is 0 Å². The van der Waals surface area contributed by atoms with Crippen LogP contribution in [0.5, 0.6) is 0 Å². The summed E-state index contributed by atoms with van der Waals surface area (Å²) in [6.45, 7) is 11.3. The van der Waals surface area contributed by atoms with Crippen molar-refractivity contribution < 1.29 is 10.2 Å². The molecule has 0 aliphatic rings. The number of halogens is 1. The van der Waals surface area contributed by atoms with Crippen molar-refractivity contribution in [1.82, 2.24) is 0 Å². The van der Waals surface area contributed by atoms with E-state index in [2.05, 4.69) is 50.3 Å². The average Bonchev–Trinajstić information content (AvgIpc) is 2.45. The molecule has 0 fully saturated rings. The summed E-state index contributed by atoms with van der Waals surface area (Å²) >= 11 is 2.15. The highest BCUT2D eigenvalue weighted by Gasteiger charge is 2.28. The van der Waals surface area contributed by atoms with E-state index in [1.807, 2.05) is 6.92 Å². The van der Waals surface area contributed by atoms with E-state index in [-0.39, 0.29) is 10.5 Å². The minimum Gasteiger partial charge on any atom is -0.395 e. The fourth-order valence-corrected chi connectivity index (χ4v) is 3.45. The molecule has 0 aliphatic carbocycles. The third-order valence-corrected chi connectivity index (χ3v) is 6.82. The van der Waals surface area contributed by atoms with Gasteiger partial charge in [0.25, 0.3) is 0 Å². The molecule has 140 valence electrons. The molecule has 0 heterocycles. The van der Waals surface area contributed by atoms with Crippen LogP contribution < -0.4 is 0 Å². The molecule has 0 aromatic rings. The van der Waals surface area contributed by atoms with Gasteiger partial charge in [-0.25, -0.2) is 0 Å². The molecule has 0 saturated carbocycles. The van der Waals surface area contributed by atoms with Crippen LogP contribution in [0.25, 0.3) is 0 Å². The second kappa shape index (κ2) is 12.9. The van der Waals surface area contributed by atoms with Crippen molar-refractivity contribution in [3.8, 4) is 0 Å². The molecule has 2 N–H and O–H groups in total. The van der Waals surface area contributed by atoms with Crippen LogP contribution in [0, 0.1) is 17.8 Å². The molecule has 0 rings (SSSR count). The van der Waals surface area contributed by atoms with Crippen molar-refractivity contribution >= 4 is 22.6 Å². The van der Waals surface area contributed by atoms with E-state index in [0.717, 1.165) is 30.6 Å². The second-order valence-electron chi connectivity index (χ2n) is 8.37. The van der Waals surface area contributed by atoms with Crippen LogP contribution in [-0.4, -0.2) is 26.3 Å². The summed E-state index contributed by atoms with van der Waals surface area (Å²) < 4.78 is -0.0675. The van der Waals surface area contributed by atoms with Gasteiger partial charge in [0.2, 0.25) is 0 Å². The first-order valence-corrected chi connectivity index (χ1v) is 10.9. The van der Waals surface area contributed by atoms with E-state index >= 15 is 0 Å². The van der Waals surface area contributed by atoms with Gasteiger partial charge < -0.3 is 10.2 Å². The van der Waals surface area contributed by atoms with Crippen LogP contribution in [0.3, 0.4) is 0 Å². The topological polar surface area (TPSA) is 40.5 Å². The van der Waals surface area contributed by atoms with E-state index < -0.39 is 5.60 Å². The molecule has 3 heteroatoms. The molecule has 0 aromatic carbocycles. The standard InChI is InChI=1S/C20H41IO2/c1-16(2)9-6-10-17(3)11-7-12-18(4)13-8-14-20(5,23)19(21)15-22/h16-19,22-23H,6-15H2,1-5H3. The quantitative estimate of drug-likeness (QED) is 0.258. The first kappa shape index (κ1) is 23.6. The monoisotopic (exact) mass is 440 g/mol. The highest BCUT2D eigenvalue weighted by atomic mass is 127. The van der Waals surface area contributed by atoms with Gasteiger partial charge in [0.1, 0.15) is 0 Å². The smallest absolute Gasteiger partial charge is 0.0759 e. The first-order chi connectivity index (χ1) is 10.7. The molecule has 2 nitrogen and oxygen atoms in total. The largest absolute Gasteiger partial charge is 0.395 e. The van der Waals surface area contributed by atoms with Crippen LogP contribution in [0.15, 0.2) is 0 Å². The second-order valence-corrected chi connectivity index (χ2v) is 9.87. The Hall–Kier alpha value is 0.650. The maximum absolute atomic E-state index is 10.3. The predicted molar refractivity (Wildman–Crippen MR) is 110 cm³/mol. The zero-order valence-corrected chi connectivity index (χ0v) is 18.3. The molecule has 0 amide bonds. The summed E-state index contributed by atoms with van der Waals surface area (Å²) in [5.74, 6) is 2.45. The number of alkyl halides is 1. The van der Waals surface area contributed by atoms with Crippen LogP contribution in [0.1, 0.15) is 92.4 Å². The molecule has 4 unspecified atom stereocenters. The van der Waals surface area contributed by atoms with E-state index in [0.29, 0.717) is 0 Å². The van der Waals surface area contributed by atoms with Gasteiger partial charge in [-0.2, -0.15) is 0 Å². The normalized spacial score (nSPS) is 18.7. The van der Waals surface area contributed by atoms with Crippen molar-refractivity contribution in [3.05, 3.63) is 0 Å². The molecule has 0 radical (unpaired) electrons. The Kier molecular flexibility index (Phi) is 13.3. The molecule has 0 spiro atoms. The van der Waals surface area contributed by atoms with Crippen molar-refractivity contribution in [3.63, 3.8) is 0 Å². The molecular weight excluding hydrogens is 399 g/mol. The maximum atomic E-state index is 10.3. The zero-order chi connectivity index (χ0) is 17.9. The van der Waals surface area contributed by atoms with Crippen molar-refractivity contribution in [1.29, 1.82) is 0 Å². The van der Waals surface area contributed by atoms with Crippen LogP contribution in [0.2, 0.25) is 0 Å². The van der Waals surface area contributed by atoms with E-state index in [1.54, 1.807) is 0 Å². The summed E-state index contributed by atoms with van der Waals surface area (Å²) in [6, 6.07) is 0. The van der Waals surface area contributed by atoms with Crippen LogP contribution in [0.4, 0.5) is 0 Å². The van der Waals surface area contributed by atoms with Gasteiger partial charge in [0, 0.05) is 0 Å². The van der Waals surface area contributed by atoms with Crippen molar-refractivity contribution in [2.24, 2.45) is 17.8 Å². The lowest BCUT2D eigenvalue weighted by Crippen LogP contribution is -2.37. The Morgan fingerprint density at radius 1 is 0.826 bits per heavy atom. The predicted octanol–water partition coefficient (Wildman–Crippen LogP) is 5.97. The Labute approximate surface area is 159 Å². The third-order valence-electron chi connectivity index (χ3n) is 5.09. The third kappa shape index (κ3) is 12.6. The number of aliphatic hydroxyl groups excluding tert-OH is 1. The molecular formula is C20H41IO2. The molecule has 0 aliphatic heterocycles. The van der Waals surface area contributed by atoms with Crippen LogP contribution >= 0.6 is 22.6 Å². The number of rotatable bonds is 14. The van der Waals surface area contributed by atoms with Crippen molar-refractivity contribution in [2.45, 2.75) is 102 Å². The lowest BCUT2D eigenvalue weighted by atomic mass is 9.89. The Balaban J connectivity index is 3.69. The SMILES string of the molecule is CC(C)CCCC(C)CCCC(C)CCCC(C)(O)C(I)CO. The van der Waals surface area contributed by atoms with E-state index in [1.165, 1.54) is 44.9 Å². The highest BCUT2D eigenvalue weighted by Crippen LogP contribution is 2.26. The molecule has 0 aromatic heterocycles. The molecule has 4 atom stereocenters. The molecule has 0 bridgehead atoms. The number of hydrogen-bond donors (Lipinski definition) is 2. The number of aliphatic hydroxyl groups is 2. The van der Waals surface area contributed by atoms with Gasteiger partial charge in [0.05, 0.1) is 16.1 Å². The van der Waals surface area contributed by atoms with Gasteiger partial charge in [-0.05, 0) is 31.1 Å². The zero-order valence-electron chi connectivity index (χ0n) is 16.2. The van der Waals surface area contributed by atoms with Gasteiger partial charge in [-0.1, -0.05) is 102 Å². The summed E-state index contributed by atoms with van der Waals surface area (Å²) in [6.07, 6.45) is 11.2. The van der Waals surface area contributed by atoms with E-state index in [4.69, 9.17) is 0 Å². The fraction of sp³-hybridized carbons (Fsp3) is 1.00. The average molecular weight is 440 g/mol. The van der Waals surface area contributed by atoms with Gasteiger partial charge in [0.15, 0.2) is 0 Å². The minimum atomic E-state index is -0.736. The van der Waals surface area contributed by atoms with Crippen molar-refractivity contribution in [2.75, 3.05) is 6.61 Å². The first-order valence-electron chi connectivity index (χ1n) is 9.66. The highest BCUT2D eigenvalue weighted by molar-refractivity contribution is 14.1. The summed E-state index contributed by atoms with van der Waals surface area (Å²) in [4.78, 5) is 0. The minimum absolute atomic E-state index is 0.0534. The van der Waals surface area contributed by atoms with E-state index in [9.17, 15) is 10.2 Å². The Morgan fingerprint density at radius 2 is 1.26 bits per heavy atom. The number of hydrogen-bond acceptors (Lipinski definition) is 2. The lowest BCUT2D eigenvalue weighted by Gasteiger charge is -2.28.